The zero-order valence-electron chi connectivity index (χ0n) is 12.6. The highest BCUT2D eigenvalue weighted by molar-refractivity contribution is 5.81. The molecule has 1 unspecified atom stereocenters. The number of aliphatic imine (C=N–C) groups is 1. The van der Waals surface area contributed by atoms with Gasteiger partial charge in [-0.05, 0) is 61.3 Å². The fraction of sp³-hybridized carbons (Fsp3) is 0.588. The lowest BCUT2D eigenvalue weighted by molar-refractivity contribution is 0.170. The Bertz CT molecular complexity index is 594. The number of hydrogen-bond acceptors (Lipinski definition) is 4. The molecule has 112 valence electrons. The van der Waals surface area contributed by atoms with Crippen molar-refractivity contribution in [1.82, 2.24) is 4.90 Å². The molecular formula is C17H23N3O. The maximum absolute atomic E-state index is 6.19. The normalized spacial score (nSPS) is 27.7. The molecule has 0 amide bonds. The molecule has 2 N–H and O–H groups in total. The molecular weight excluding hydrogens is 262 g/mol. The molecule has 1 fully saturated rings. The molecule has 1 saturated carbocycles. The number of guanidine groups is 1. The van der Waals surface area contributed by atoms with E-state index in [9.17, 15) is 0 Å². The summed E-state index contributed by atoms with van der Waals surface area (Å²) in [6.07, 6.45) is 6.01. The van der Waals surface area contributed by atoms with Crippen LogP contribution in [0.3, 0.4) is 0 Å². The van der Waals surface area contributed by atoms with E-state index in [2.05, 4.69) is 28.1 Å². The Morgan fingerprint density at radius 2 is 2.24 bits per heavy atom. The topological polar surface area (TPSA) is 50.9 Å². The number of rotatable bonds is 3. The van der Waals surface area contributed by atoms with Crippen molar-refractivity contribution in [3.05, 3.63) is 29.3 Å². The Morgan fingerprint density at radius 3 is 3.00 bits per heavy atom. The van der Waals surface area contributed by atoms with Crippen LogP contribution in [0.2, 0.25) is 0 Å². The van der Waals surface area contributed by atoms with Gasteiger partial charge in [0, 0.05) is 6.54 Å². The second-order valence-electron chi connectivity index (χ2n) is 6.76. The highest BCUT2D eigenvalue weighted by Crippen LogP contribution is 2.40. The molecule has 4 rings (SSSR count). The van der Waals surface area contributed by atoms with E-state index in [1.165, 1.54) is 24.0 Å². The van der Waals surface area contributed by atoms with Crippen LogP contribution in [0.5, 0.6) is 5.75 Å². The van der Waals surface area contributed by atoms with Crippen LogP contribution in [0.4, 0.5) is 0 Å². The first-order valence-electron chi connectivity index (χ1n) is 7.93. The molecule has 4 heteroatoms. The van der Waals surface area contributed by atoms with Crippen molar-refractivity contribution in [2.24, 2.45) is 16.6 Å². The van der Waals surface area contributed by atoms with Crippen LogP contribution in [0.1, 0.15) is 30.4 Å². The van der Waals surface area contributed by atoms with Gasteiger partial charge in [-0.2, -0.15) is 0 Å². The second kappa shape index (κ2) is 4.65. The van der Waals surface area contributed by atoms with Crippen molar-refractivity contribution in [3.8, 4) is 5.75 Å². The van der Waals surface area contributed by atoms with Gasteiger partial charge in [0.25, 0.3) is 0 Å². The summed E-state index contributed by atoms with van der Waals surface area (Å²) < 4.78 is 5.39. The van der Waals surface area contributed by atoms with Crippen molar-refractivity contribution in [2.45, 2.75) is 37.6 Å². The van der Waals surface area contributed by atoms with E-state index < -0.39 is 0 Å². The molecule has 3 aliphatic rings. The summed E-state index contributed by atoms with van der Waals surface area (Å²) in [5, 5.41) is 0. The van der Waals surface area contributed by atoms with Crippen molar-refractivity contribution in [2.75, 3.05) is 20.2 Å². The molecule has 1 aromatic rings. The molecule has 1 heterocycles. The van der Waals surface area contributed by atoms with Crippen LogP contribution in [0.15, 0.2) is 23.2 Å². The van der Waals surface area contributed by atoms with Gasteiger partial charge in [-0.25, -0.2) is 0 Å². The zero-order valence-corrected chi connectivity index (χ0v) is 12.6. The van der Waals surface area contributed by atoms with Gasteiger partial charge in [0.15, 0.2) is 5.96 Å². The predicted octanol–water partition coefficient (Wildman–Crippen LogP) is 1.96. The van der Waals surface area contributed by atoms with Crippen LogP contribution in [-0.2, 0) is 12.8 Å². The maximum atomic E-state index is 6.19. The van der Waals surface area contributed by atoms with Gasteiger partial charge in [-0.1, -0.05) is 6.07 Å². The van der Waals surface area contributed by atoms with E-state index in [1.807, 2.05) is 0 Å². The van der Waals surface area contributed by atoms with Crippen molar-refractivity contribution >= 4 is 5.96 Å². The maximum Gasteiger partial charge on any atom is 0.191 e. The van der Waals surface area contributed by atoms with E-state index in [0.29, 0.717) is 0 Å². The van der Waals surface area contributed by atoms with Gasteiger partial charge in [-0.15, -0.1) is 0 Å². The fourth-order valence-corrected chi connectivity index (χ4v) is 3.80. The van der Waals surface area contributed by atoms with Crippen molar-refractivity contribution in [3.63, 3.8) is 0 Å². The third kappa shape index (κ3) is 2.17. The van der Waals surface area contributed by atoms with Crippen LogP contribution in [-0.4, -0.2) is 36.6 Å². The first-order valence-corrected chi connectivity index (χ1v) is 7.93. The summed E-state index contributed by atoms with van der Waals surface area (Å²) in [6.45, 7) is 1.94. The summed E-state index contributed by atoms with van der Waals surface area (Å²) in [6, 6.07) is 6.48. The molecule has 4 nitrogen and oxygen atoms in total. The standard InChI is InChI=1S/C17H23N3O/c1-21-15-5-4-13-6-7-17(9-14(13)8-15)11-19-16(18)20(17)10-12-2-3-12/h4-5,8,12H,2-3,6-7,9-11H2,1H3,(H2,18,19). The largest absolute Gasteiger partial charge is 0.497 e. The molecule has 0 saturated heterocycles. The first kappa shape index (κ1) is 13.0. The van der Waals surface area contributed by atoms with E-state index in [-0.39, 0.29) is 5.54 Å². The molecule has 0 radical (unpaired) electrons. The lowest BCUT2D eigenvalue weighted by Crippen LogP contribution is -2.55. The van der Waals surface area contributed by atoms with Gasteiger partial charge in [0.05, 0.1) is 19.2 Å². The molecule has 2 aliphatic carbocycles. The lowest BCUT2D eigenvalue weighted by atomic mass is 9.77. The van der Waals surface area contributed by atoms with E-state index in [0.717, 1.165) is 50.0 Å². The zero-order chi connectivity index (χ0) is 14.4. The monoisotopic (exact) mass is 285 g/mol. The minimum atomic E-state index is 0.117. The Labute approximate surface area is 126 Å². The highest BCUT2D eigenvalue weighted by Gasteiger charge is 2.45. The van der Waals surface area contributed by atoms with Gasteiger partial charge in [-0.3, -0.25) is 4.99 Å². The smallest absolute Gasteiger partial charge is 0.191 e. The molecule has 1 aliphatic heterocycles. The Balaban J connectivity index is 1.63. The molecule has 0 bridgehead atoms. The van der Waals surface area contributed by atoms with Gasteiger partial charge < -0.3 is 15.4 Å². The van der Waals surface area contributed by atoms with E-state index in [4.69, 9.17) is 10.5 Å². The second-order valence-corrected chi connectivity index (χ2v) is 6.76. The fourth-order valence-electron chi connectivity index (χ4n) is 3.80. The number of benzene rings is 1. The number of fused-ring (bicyclic) bond motifs is 1. The quantitative estimate of drug-likeness (QED) is 0.923. The van der Waals surface area contributed by atoms with E-state index in [1.54, 1.807) is 7.11 Å². The van der Waals surface area contributed by atoms with Crippen LogP contribution in [0.25, 0.3) is 0 Å². The first-order chi connectivity index (χ1) is 10.2. The van der Waals surface area contributed by atoms with Crippen molar-refractivity contribution < 1.29 is 4.74 Å². The van der Waals surface area contributed by atoms with Gasteiger partial charge >= 0.3 is 0 Å². The third-order valence-corrected chi connectivity index (χ3v) is 5.31. The van der Waals surface area contributed by atoms with Crippen LogP contribution < -0.4 is 10.5 Å². The summed E-state index contributed by atoms with van der Waals surface area (Å²) in [5.41, 5.74) is 9.17. The number of aryl methyl sites for hydroxylation is 1. The number of hydrogen-bond donors (Lipinski definition) is 1. The van der Waals surface area contributed by atoms with Crippen LogP contribution in [0, 0.1) is 5.92 Å². The molecule has 1 spiro atoms. The average molecular weight is 285 g/mol. The van der Waals surface area contributed by atoms with E-state index >= 15 is 0 Å². The minimum Gasteiger partial charge on any atom is -0.497 e. The summed E-state index contributed by atoms with van der Waals surface area (Å²) >= 11 is 0. The third-order valence-electron chi connectivity index (χ3n) is 5.31. The number of nitrogens with two attached hydrogens (primary N) is 1. The Hall–Kier alpha value is -1.71. The number of methoxy groups -OCH3 is 1. The lowest BCUT2D eigenvalue weighted by Gasteiger charge is -2.43. The van der Waals surface area contributed by atoms with Crippen molar-refractivity contribution in [1.29, 1.82) is 0 Å². The minimum absolute atomic E-state index is 0.117. The number of ether oxygens (including phenoxy) is 1. The molecule has 1 aromatic carbocycles. The Kier molecular flexibility index (Phi) is 2.88. The average Bonchev–Trinajstić information content (AvgIpc) is 3.28. The van der Waals surface area contributed by atoms with Crippen LogP contribution >= 0.6 is 0 Å². The summed E-state index contributed by atoms with van der Waals surface area (Å²) in [7, 11) is 1.73. The van der Waals surface area contributed by atoms with Gasteiger partial charge in [0.1, 0.15) is 5.75 Å². The summed E-state index contributed by atoms with van der Waals surface area (Å²) in [5.74, 6) is 2.54. The molecule has 1 atom stereocenters. The highest BCUT2D eigenvalue weighted by atomic mass is 16.5. The molecule has 21 heavy (non-hydrogen) atoms. The molecule has 0 aromatic heterocycles. The summed E-state index contributed by atoms with van der Waals surface area (Å²) in [4.78, 5) is 6.99. The number of nitrogens with zero attached hydrogens (tertiary/aromatic N) is 2. The Morgan fingerprint density at radius 1 is 1.38 bits per heavy atom. The predicted molar refractivity (Wildman–Crippen MR) is 83.7 cm³/mol. The SMILES string of the molecule is COc1ccc2c(c1)CC1(CC2)CN=C(N)N1CC1CC1. The van der Waals surface area contributed by atoms with Gasteiger partial charge in [0.2, 0.25) is 0 Å².